The van der Waals surface area contributed by atoms with Crippen LogP contribution in [0.4, 0.5) is 13.2 Å². The molecule has 0 aromatic heterocycles. The topological polar surface area (TPSA) is 3.24 Å². The van der Waals surface area contributed by atoms with Crippen molar-refractivity contribution in [2.45, 2.75) is 31.5 Å². The zero-order valence-corrected chi connectivity index (χ0v) is 9.74. The molecule has 0 saturated carbocycles. The van der Waals surface area contributed by atoms with Gasteiger partial charge in [0.15, 0.2) is 0 Å². The monoisotopic (exact) mass is 243 g/mol. The van der Waals surface area contributed by atoms with Crippen molar-refractivity contribution in [3.8, 4) is 0 Å². The average molecular weight is 243 g/mol. The van der Waals surface area contributed by atoms with Gasteiger partial charge in [-0.15, -0.1) is 0 Å². The third-order valence-corrected chi connectivity index (χ3v) is 3.36. The number of hydrogen-bond acceptors (Lipinski definition) is 1. The second-order valence-electron chi connectivity index (χ2n) is 4.74. The Labute approximate surface area is 99.2 Å². The molecule has 1 nitrogen and oxygen atoms in total. The van der Waals surface area contributed by atoms with Gasteiger partial charge >= 0.3 is 6.18 Å². The van der Waals surface area contributed by atoms with Gasteiger partial charge in [-0.25, -0.2) is 0 Å². The summed E-state index contributed by atoms with van der Waals surface area (Å²) in [5.74, 6) is 0.230. The molecule has 1 aromatic carbocycles. The quantitative estimate of drug-likeness (QED) is 0.769. The second kappa shape index (κ2) is 4.69. The molecule has 1 heterocycles. The van der Waals surface area contributed by atoms with Gasteiger partial charge in [0.25, 0.3) is 0 Å². The van der Waals surface area contributed by atoms with Crippen molar-refractivity contribution in [3.63, 3.8) is 0 Å². The summed E-state index contributed by atoms with van der Waals surface area (Å²) in [6, 6.07) is 9.79. The highest BCUT2D eigenvalue weighted by Gasteiger charge is 2.38. The third-order valence-electron chi connectivity index (χ3n) is 3.36. The van der Waals surface area contributed by atoms with Crippen LogP contribution in [0.1, 0.15) is 24.8 Å². The Kier molecular flexibility index (Phi) is 3.43. The van der Waals surface area contributed by atoms with Crippen LogP contribution in [0, 0.1) is 0 Å². The molecule has 17 heavy (non-hydrogen) atoms. The smallest absolute Gasteiger partial charge is 0.292 e. The van der Waals surface area contributed by atoms with E-state index in [9.17, 15) is 13.2 Å². The number of likely N-dealkylation sites (tertiary alicyclic amines) is 1. The predicted molar refractivity (Wildman–Crippen MR) is 60.9 cm³/mol. The van der Waals surface area contributed by atoms with Crippen LogP contribution in [0.3, 0.4) is 0 Å². The molecule has 0 aliphatic carbocycles. The first-order valence-electron chi connectivity index (χ1n) is 5.81. The van der Waals surface area contributed by atoms with E-state index in [0.29, 0.717) is 6.54 Å². The Balaban J connectivity index is 2.02. The summed E-state index contributed by atoms with van der Waals surface area (Å²) < 4.78 is 37.1. The molecule has 1 aromatic rings. The minimum Gasteiger partial charge on any atom is -0.292 e. The first-order valence-corrected chi connectivity index (χ1v) is 5.81. The molecule has 1 saturated heterocycles. The maximum Gasteiger partial charge on any atom is 0.401 e. The summed E-state index contributed by atoms with van der Waals surface area (Å²) in [4.78, 5) is 1.53. The van der Waals surface area contributed by atoms with E-state index in [1.54, 1.807) is 0 Å². The zero-order chi connectivity index (χ0) is 12.5. The molecule has 4 heteroatoms. The number of halogens is 3. The molecule has 1 aliphatic rings. The first-order chi connectivity index (χ1) is 7.96. The highest BCUT2D eigenvalue weighted by atomic mass is 19.4. The van der Waals surface area contributed by atoms with Crippen LogP contribution in [0.25, 0.3) is 0 Å². The molecule has 0 bridgehead atoms. The van der Waals surface area contributed by atoms with Crippen LogP contribution in [0.15, 0.2) is 30.3 Å². The normalized spacial score (nSPS) is 26.4. The van der Waals surface area contributed by atoms with Gasteiger partial charge < -0.3 is 0 Å². The van der Waals surface area contributed by atoms with E-state index in [-0.39, 0.29) is 12.0 Å². The number of benzene rings is 1. The van der Waals surface area contributed by atoms with E-state index in [1.807, 2.05) is 37.3 Å². The molecule has 0 spiro atoms. The van der Waals surface area contributed by atoms with Crippen molar-refractivity contribution >= 4 is 0 Å². The molecule has 0 unspecified atom stereocenters. The van der Waals surface area contributed by atoms with E-state index < -0.39 is 12.7 Å². The van der Waals surface area contributed by atoms with Crippen molar-refractivity contribution in [2.24, 2.45) is 0 Å². The molecule has 94 valence electrons. The van der Waals surface area contributed by atoms with Gasteiger partial charge in [0.05, 0.1) is 6.54 Å². The molecular weight excluding hydrogens is 227 g/mol. The van der Waals surface area contributed by atoms with Crippen molar-refractivity contribution in [3.05, 3.63) is 35.9 Å². The van der Waals surface area contributed by atoms with Crippen LogP contribution in [-0.2, 0) is 0 Å². The van der Waals surface area contributed by atoms with E-state index in [0.717, 1.165) is 12.0 Å². The Morgan fingerprint density at radius 3 is 2.47 bits per heavy atom. The van der Waals surface area contributed by atoms with E-state index in [1.165, 1.54) is 4.90 Å². The largest absolute Gasteiger partial charge is 0.401 e. The van der Waals surface area contributed by atoms with E-state index in [2.05, 4.69) is 0 Å². The molecule has 2 rings (SSSR count). The summed E-state index contributed by atoms with van der Waals surface area (Å²) in [7, 11) is 0. The summed E-state index contributed by atoms with van der Waals surface area (Å²) in [5, 5.41) is 0. The zero-order valence-electron chi connectivity index (χ0n) is 9.74. The van der Waals surface area contributed by atoms with Gasteiger partial charge in [-0.05, 0) is 24.8 Å². The standard InChI is InChI=1S/C13H16F3N/c1-10-7-12(11-5-3-2-4-6-11)8-17(10)9-13(14,15)16/h2-6,10,12H,7-9H2,1H3/t10-,12+/m1/s1. The summed E-state index contributed by atoms with van der Waals surface area (Å²) in [5.41, 5.74) is 1.14. The maximum absolute atomic E-state index is 12.4. The molecular formula is C13H16F3N. The Morgan fingerprint density at radius 2 is 1.88 bits per heavy atom. The maximum atomic E-state index is 12.4. The minimum atomic E-state index is -4.10. The van der Waals surface area contributed by atoms with Gasteiger partial charge in [-0.3, -0.25) is 4.90 Å². The van der Waals surface area contributed by atoms with Crippen molar-refractivity contribution < 1.29 is 13.2 Å². The SMILES string of the molecule is C[C@@H]1C[C@H](c2ccccc2)CN1CC(F)(F)F. The van der Waals surface area contributed by atoms with Crippen LogP contribution >= 0.6 is 0 Å². The van der Waals surface area contributed by atoms with Gasteiger partial charge in [0.2, 0.25) is 0 Å². The molecule has 0 N–H and O–H groups in total. The Hall–Kier alpha value is -1.03. The highest BCUT2D eigenvalue weighted by molar-refractivity contribution is 5.21. The van der Waals surface area contributed by atoms with Crippen LogP contribution in [0.2, 0.25) is 0 Å². The number of hydrogen-bond donors (Lipinski definition) is 0. The fraction of sp³-hybridized carbons (Fsp3) is 0.538. The van der Waals surface area contributed by atoms with E-state index in [4.69, 9.17) is 0 Å². The molecule has 0 amide bonds. The fourth-order valence-electron chi connectivity index (χ4n) is 2.52. The van der Waals surface area contributed by atoms with Crippen LogP contribution in [-0.4, -0.2) is 30.2 Å². The van der Waals surface area contributed by atoms with Crippen molar-refractivity contribution in [1.29, 1.82) is 0 Å². The Morgan fingerprint density at radius 1 is 1.24 bits per heavy atom. The molecule has 2 atom stereocenters. The fourth-order valence-corrected chi connectivity index (χ4v) is 2.52. The van der Waals surface area contributed by atoms with Gasteiger partial charge in [0.1, 0.15) is 0 Å². The van der Waals surface area contributed by atoms with Crippen molar-refractivity contribution in [1.82, 2.24) is 4.90 Å². The second-order valence-corrected chi connectivity index (χ2v) is 4.74. The average Bonchev–Trinajstić information content (AvgIpc) is 2.59. The number of alkyl halides is 3. The van der Waals surface area contributed by atoms with Gasteiger partial charge in [-0.2, -0.15) is 13.2 Å². The highest BCUT2D eigenvalue weighted by Crippen LogP contribution is 2.33. The summed E-state index contributed by atoms with van der Waals surface area (Å²) in [6.07, 6.45) is -3.29. The molecule has 1 fully saturated rings. The number of rotatable bonds is 2. The van der Waals surface area contributed by atoms with Gasteiger partial charge in [0, 0.05) is 12.6 Å². The third kappa shape index (κ3) is 3.22. The molecule has 1 aliphatic heterocycles. The van der Waals surface area contributed by atoms with Gasteiger partial charge in [-0.1, -0.05) is 30.3 Å². The Bertz CT molecular complexity index is 361. The lowest BCUT2D eigenvalue weighted by atomic mass is 9.97. The van der Waals surface area contributed by atoms with Crippen LogP contribution < -0.4 is 0 Å². The van der Waals surface area contributed by atoms with E-state index >= 15 is 0 Å². The predicted octanol–water partition coefficient (Wildman–Crippen LogP) is 3.43. The van der Waals surface area contributed by atoms with Crippen molar-refractivity contribution in [2.75, 3.05) is 13.1 Å². The summed E-state index contributed by atoms with van der Waals surface area (Å²) >= 11 is 0. The molecule has 0 radical (unpaired) electrons. The lowest BCUT2D eigenvalue weighted by molar-refractivity contribution is -0.147. The number of nitrogens with zero attached hydrogens (tertiary/aromatic N) is 1. The minimum absolute atomic E-state index is 0.00170. The first kappa shape index (κ1) is 12.4. The summed E-state index contributed by atoms with van der Waals surface area (Å²) in [6.45, 7) is 1.58. The lowest BCUT2D eigenvalue weighted by Crippen LogP contribution is -2.36. The lowest BCUT2D eigenvalue weighted by Gasteiger charge is -2.22. The van der Waals surface area contributed by atoms with Crippen LogP contribution in [0.5, 0.6) is 0 Å².